The number of hydrogen-bond acceptors (Lipinski definition) is 4. The van der Waals surface area contributed by atoms with Crippen molar-refractivity contribution in [1.29, 1.82) is 0 Å². The molecule has 0 saturated carbocycles. The zero-order chi connectivity index (χ0) is 20.8. The van der Waals surface area contributed by atoms with E-state index in [4.69, 9.17) is 9.16 Å². The summed E-state index contributed by atoms with van der Waals surface area (Å²) in [5.74, 6) is -0.849. The van der Waals surface area contributed by atoms with Crippen LogP contribution in [0, 0.1) is 0 Å². The number of nitrogens with zero attached hydrogens (tertiary/aromatic N) is 1. The van der Waals surface area contributed by atoms with Crippen molar-refractivity contribution in [1.82, 2.24) is 4.90 Å². The highest BCUT2D eigenvalue weighted by Gasteiger charge is 2.39. The van der Waals surface area contributed by atoms with Gasteiger partial charge in [-0.3, -0.25) is 4.90 Å². The number of benzene rings is 1. The number of hydrogen-bond donors (Lipinski definition) is 1. The number of morpholine rings is 1. The fourth-order valence-corrected chi connectivity index (χ4v) is 4.70. The fourth-order valence-electron chi connectivity index (χ4n) is 3.32. The molecule has 1 saturated heterocycles. The topological polar surface area (TPSA) is 59.0 Å². The van der Waals surface area contributed by atoms with Crippen LogP contribution in [0.25, 0.3) is 0 Å². The van der Waals surface area contributed by atoms with Crippen molar-refractivity contribution in [3.8, 4) is 0 Å². The maximum Gasteiger partial charge on any atom is 0.335 e. The average Bonchev–Trinajstić information content (AvgIpc) is 2.61. The first kappa shape index (κ1) is 23.1. The first-order valence-corrected chi connectivity index (χ1v) is 13.3. The quantitative estimate of drug-likeness (QED) is 0.614. The fraction of sp³-hybridized carbons (Fsp3) is 0.682. The van der Waals surface area contributed by atoms with E-state index in [1.165, 1.54) is 0 Å². The third kappa shape index (κ3) is 6.69. The maximum atomic E-state index is 11.4. The summed E-state index contributed by atoms with van der Waals surface area (Å²) in [5.41, 5.74) is 1.32. The van der Waals surface area contributed by atoms with Gasteiger partial charge >= 0.3 is 5.97 Å². The molecule has 0 radical (unpaired) electrons. The van der Waals surface area contributed by atoms with E-state index >= 15 is 0 Å². The van der Waals surface area contributed by atoms with Crippen molar-refractivity contribution in [2.24, 2.45) is 0 Å². The second kappa shape index (κ2) is 10.0. The van der Waals surface area contributed by atoms with E-state index in [1.807, 2.05) is 12.1 Å². The maximum absolute atomic E-state index is 11.4. The van der Waals surface area contributed by atoms with Gasteiger partial charge in [0, 0.05) is 19.6 Å². The monoisotopic (exact) mass is 407 g/mol. The van der Waals surface area contributed by atoms with Gasteiger partial charge in [-0.15, -0.1) is 0 Å². The molecule has 1 unspecified atom stereocenters. The van der Waals surface area contributed by atoms with Gasteiger partial charge in [0.25, 0.3) is 0 Å². The Morgan fingerprint density at radius 2 is 1.89 bits per heavy atom. The molecule has 0 aliphatic carbocycles. The molecule has 2 rings (SSSR count). The van der Waals surface area contributed by atoms with Crippen LogP contribution in [0.3, 0.4) is 0 Å². The van der Waals surface area contributed by atoms with Crippen molar-refractivity contribution >= 4 is 14.3 Å². The normalized spacial score (nSPS) is 17.5. The van der Waals surface area contributed by atoms with Gasteiger partial charge in [-0.05, 0) is 49.0 Å². The van der Waals surface area contributed by atoms with Crippen LogP contribution in [-0.4, -0.2) is 63.2 Å². The van der Waals surface area contributed by atoms with Gasteiger partial charge in [-0.1, -0.05) is 39.0 Å². The summed E-state index contributed by atoms with van der Waals surface area (Å²) >= 11 is 0. The van der Waals surface area contributed by atoms with Gasteiger partial charge in [0.2, 0.25) is 0 Å². The van der Waals surface area contributed by atoms with Crippen molar-refractivity contribution in [3.05, 3.63) is 35.4 Å². The van der Waals surface area contributed by atoms with Crippen LogP contribution in [-0.2, 0) is 15.6 Å². The van der Waals surface area contributed by atoms with Crippen molar-refractivity contribution < 1.29 is 19.1 Å². The van der Waals surface area contributed by atoms with E-state index in [0.717, 1.165) is 57.7 Å². The lowest BCUT2D eigenvalue weighted by molar-refractivity contribution is 0.0153. The minimum atomic E-state index is -1.86. The molecule has 6 heteroatoms. The standard InChI is InChI=1S/C22H37NO4Si/c1-22(2,3)28(4,5)27-19(17-23-13-15-26-16-14-23)11-8-10-18-9-6-7-12-20(18)21(24)25/h6-7,9,12,19H,8,10-11,13-17H2,1-5H3,(H,24,25). The SMILES string of the molecule is CC(C)(C)[Si](C)(C)OC(CCCc1ccccc1C(=O)O)CN1CCOCC1. The Morgan fingerprint density at radius 3 is 2.50 bits per heavy atom. The Hall–Kier alpha value is -1.21. The second-order valence-corrected chi connectivity index (χ2v) is 14.0. The highest BCUT2D eigenvalue weighted by Crippen LogP contribution is 2.38. The van der Waals surface area contributed by atoms with Crippen LogP contribution >= 0.6 is 0 Å². The van der Waals surface area contributed by atoms with Gasteiger partial charge < -0.3 is 14.3 Å². The second-order valence-electron chi connectivity index (χ2n) is 9.27. The number of carboxylic acid groups (broad SMARTS) is 1. The summed E-state index contributed by atoms with van der Waals surface area (Å²) in [4.78, 5) is 13.9. The predicted octanol–water partition coefficient (Wildman–Crippen LogP) is 4.43. The molecular weight excluding hydrogens is 370 g/mol. The summed E-state index contributed by atoms with van der Waals surface area (Å²) in [6.07, 6.45) is 2.81. The summed E-state index contributed by atoms with van der Waals surface area (Å²) in [6.45, 7) is 15.8. The lowest BCUT2D eigenvalue weighted by Crippen LogP contribution is -2.48. The Kier molecular flexibility index (Phi) is 8.25. The third-order valence-electron chi connectivity index (χ3n) is 6.05. The van der Waals surface area contributed by atoms with Crippen LogP contribution in [0.1, 0.15) is 49.5 Å². The molecule has 1 atom stereocenters. The summed E-state index contributed by atoms with van der Waals surface area (Å²) in [6, 6.07) is 7.32. The van der Waals surface area contributed by atoms with Gasteiger partial charge in [0.05, 0.1) is 24.9 Å². The van der Waals surface area contributed by atoms with Gasteiger partial charge in [0.1, 0.15) is 0 Å². The molecule has 0 amide bonds. The molecule has 5 nitrogen and oxygen atoms in total. The smallest absolute Gasteiger partial charge is 0.335 e. The molecule has 1 aromatic rings. The molecule has 1 heterocycles. The molecule has 1 aromatic carbocycles. The molecule has 1 aliphatic heterocycles. The van der Waals surface area contributed by atoms with Crippen molar-refractivity contribution in [2.75, 3.05) is 32.8 Å². The summed E-state index contributed by atoms with van der Waals surface area (Å²) in [5, 5.41) is 9.57. The first-order chi connectivity index (χ1) is 13.1. The highest BCUT2D eigenvalue weighted by molar-refractivity contribution is 6.74. The highest BCUT2D eigenvalue weighted by atomic mass is 28.4. The number of aromatic carboxylic acids is 1. The van der Waals surface area contributed by atoms with Gasteiger partial charge in [-0.25, -0.2) is 4.79 Å². The average molecular weight is 408 g/mol. The van der Waals surface area contributed by atoms with E-state index in [-0.39, 0.29) is 11.1 Å². The number of carboxylic acids is 1. The van der Waals surface area contributed by atoms with E-state index in [2.05, 4.69) is 38.8 Å². The molecular formula is C22H37NO4Si. The Labute approximate surface area is 171 Å². The first-order valence-electron chi connectivity index (χ1n) is 10.4. The van der Waals surface area contributed by atoms with Gasteiger partial charge in [0.15, 0.2) is 8.32 Å². The van der Waals surface area contributed by atoms with E-state index in [1.54, 1.807) is 12.1 Å². The van der Waals surface area contributed by atoms with E-state index < -0.39 is 14.3 Å². The number of rotatable bonds is 9. The van der Waals surface area contributed by atoms with Crippen LogP contribution in [0.5, 0.6) is 0 Å². The Balaban J connectivity index is 2.01. The van der Waals surface area contributed by atoms with Crippen LogP contribution in [0.2, 0.25) is 18.1 Å². The minimum Gasteiger partial charge on any atom is -0.478 e. The molecule has 1 fully saturated rings. The summed E-state index contributed by atoms with van der Waals surface area (Å²) in [7, 11) is -1.86. The third-order valence-corrected chi connectivity index (χ3v) is 10.6. The number of aryl methyl sites for hydroxylation is 1. The van der Waals surface area contributed by atoms with Crippen molar-refractivity contribution in [2.45, 2.75) is 64.3 Å². The summed E-state index contributed by atoms with van der Waals surface area (Å²) < 4.78 is 12.2. The minimum absolute atomic E-state index is 0.173. The number of ether oxygens (including phenoxy) is 1. The van der Waals surface area contributed by atoms with Crippen molar-refractivity contribution in [3.63, 3.8) is 0 Å². The van der Waals surface area contributed by atoms with E-state index in [0.29, 0.717) is 5.56 Å². The largest absolute Gasteiger partial charge is 0.478 e. The molecule has 0 spiro atoms. The molecule has 28 heavy (non-hydrogen) atoms. The van der Waals surface area contributed by atoms with Crippen LogP contribution < -0.4 is 0 Å². The Bertz CT molecular complexity index is 636. The van der Waals surface area contributed by atoms with Crippen LogP contribution in [0.4, 0.5) is 0 Å². The molecule has 0 bridgehead atoms. The van der Waals surface area contributed by atoms with Gasteiger partial charge in [-0.2, -0.15) is 0 Å². The zero-order valence-electron chi connectivity index (χ0n) is 18.2. The molecule has 1 aliphatic rings. The number of carbonyl (C=O) groups is 1. The molecule has 0 aromatic heterocycles. The Morgan fingerprint density at radius 1 is 1.25 bits per heavy atom. The molecule has 1 N–H and O–H groups in total. The zero-order valence-corrected chi connectivity index (χ0v) is 19.2. The van der Waals surface area contributed by atoms with E-state index in [9.17, 15) is 9.90 Å². The molecule has 158 valence electrons. The predicted molar refractivity (Wildman–Crippen MR) is 116 cm³/mol. The lowest BCUT2D eigenvalue weighted by Gasteiger charge is -2.41. The van der Waals surface area contributed by atoms with Crippen LogP contribution in [0.15, 0.2) is 24.3 Å². The lowest BCUT2D eigenvalue weighted by atomic mass is 10.0.